The van der Waals surface area contributed by atoms with E-state index in [9.17, 15) is 8.42 Å². The van der Waals surface area contributed by atoms with Gasteiger partial charge in [-0.15, -0.1) is 0 Å². The molecule has 1 unspecified atom stereocenters. The molecular weight excluding hydrogens is 270 g/mol. The second-order valence-corrected chi connectivity index (χ2v) is 8.63. The molecule has 2 aliphatic rings. The van der Waals surface area contributed by atoms with E-state index in [0.717, 1.165) is 25.7 Å². The lowest BCUT2D eigenvalue weighted by molar-refractivity contribution is 0.263. The fraction of sp³-hybridized carbons (Fsp3) is 0.625. The molecular formula is C16H23NO2S. The summed E-state index contributed by atoms with van der Waals surface area (Å²) in [5.74, 6) is 1.35. The van der Waals surface area contributed by atoms with Gasteiger partial charge >= 0.3 is 0 Å². The Morgan fingerprint density at radius 3 is 2.70 bits per heavy atom. The van der Waals surface area contributed by atoms with E-state index in [1.165, 1.54) is 11.1 Å². The van der Waals surface area contributed by atoms with Gasteiger partial charge in [0, 0.05) is 12.1 Å². The zero-order chi connectivity index (χ0) is 14.2. The molecule has 0 amide bonds. The van der Waals surface area contributed by atoms with E-state index in [2.05, 4.69) is 36.5 Å². The average molecular weight is 293 g/mol. The fourth-order valence-electron chi connectivity index (χ4n) is 3.44. The third-order valence-electron chi connectivity index (χ3n) is 4.59. The maximum atomic E-state index is 11.6. The Morgan fingerprint density at radius 2 is 2.00 bits per heavy atom. The highest BCUT2D eigenvalue weighted by atomic mass is 32.2. The highest BCUT2D eigenvalue weighted by Gasteiger charge is 2.33. The van der Waals surface area contributed by atoms with Gasteiger partial charge in [0.25, 0.3) is 0 Å². The van der Waals surface area contributed by atoms with Gasteiger partial charge in [0.05, 0.1) is 11.5 Å². The first-order chi connectivity index (χ1) is 9.52. The van der Waals surface area contributed by atoms with Gasteiger partial charge in [-0.05, 0) is 44.1 Å². The molecule has 1 aliphatic heterocycles. The summed E-state index contributed by atoms with van der Waals surface area (Å²) in [5.41, 5.74) is 2.75. The van der Waals surface area contributed by atoms with Crippen LogP contribution in [0.5, 0.6) is 0 Å². The number of benzene rings is 1. The summed E-state index contributed by atoms with van der Waals surface area (Å²) in [6.07, 6.45) is 4.10. The zero-order valence-electron chi connectivity index (χ0n) is 12.0. The lowest BCUT2D eigenvalue weighted by Gasteiger charge is -2.39. The van der Waals surface area contributed by atoms with Crippen LogP contribution >= 0.6 is 0 Å². The van der Waals surface area contributed by atoms with Crippen LogP contribution in [0, 0.1) is 6.92 Å². The molecule has 0 aromatic heterocycles. The summed E-state index contributed by atoms with van der Waals surface area (Å²) < 4.78 is 23.3. The van der Waals surface area contributed by atoms with Gasteiger partial charge in [-0.25, -0.2) is 8.42 Å². The summed E-state index contributed by atoms with van der Waals surface area (Å²) in [6.45, 7) is 2.13. The van der Waals surface area contributed by atoms with Crippen LogP contribution in [0.1, 0.15) is 42.7 Å². The molecule has 1 N–H and O–H groups in total. The summed E-state index contributed by atoms with van der Waals surface area (Å²) >= 11 is 0. The minimum absolute atomic E-state index is 0.178. The van der Waals surface area contributed by atoms with Crippen molar-refractivity contribution < 1.29 is 8.42 Å². The van der Waals surface area contributed by atoms with Gasteiger partial charge < -0.3 is 5.32 Å². The molecule has 0 bridgehead atoms. The van der Waals surface area contributed by atoms with E-state index in [4.69, 9.17) is 0 Å². The number of nitrogens with one attached hydrogen (secondary N) is 1. The predicted octanol–water partition coefficient (Wildman–Crippen LogP) is 2.41. The Morgan fingerprint density at radius 1 is 1.20 bits per heavy atom. The Balaban J connectivity index is 1.51. The SMILES string of the molecule is Cc1cccc(C2CC(NC3CCCS(=O)(=O)C3)C2)c1. The molecule has 0 spiro atoms. The lowest BCUT2D eigenvalue weighted by atomic mass is 9.75. The molecule has 1 atom stereocenters. The molecule has 110 valence electrons. The van der Waals surface area contributed by atoms with Gasteiger partial charge in [-0.1, -0.05) is 29.8 Å². The van der Waals surface area contributed by atoms with Crippen molar-refractivity contribution in [3.8, 4) is 0 Å². The van der Waals surface area contributed by atoms with E-state index in [1.807, 2.05) is 0 Å². The summed E-state index contributed by atoms with van der Waals surface area (Å²) in [6, 6.07) is 9.41. The Kier molecular flexibility index (Phi) is 3.87. The van der Waals surface area contributed by atoms with E-state index in [0.29, 0.717) is 23.5 Å². The van der Waals surface area contributed by atoms with Gasteiger partial charge in [0.15, 0.2) is 9.84 Å². The Labute approximate surface area is 121 Å². The van der Waals surface area contributed by atoms with Crippen molar-refractivity contribution in [1.82, 2.24) is 5.32 Å². The van der Waals surface area contributed by atoms with Crippen LogP contribution < -0.4 is 5.32 Å². The normalized spacial score (nSPS) is 32.5. The highest BCUT2D eigenvalue weighted by molar-refractivity contribution is 7.91. The Hall–Kier alpha value is -0.870. The molecule has 1 heterocycles. The van der Waals surface area contributed by atoms with Crippen molar-refractivity contribution in [2.75, 3.05) is 11.5 Å². The number of rotatable bonds is 3. The monoisotopic (exact) mass is 293 g/mol. The van der Waals surface area contributed by atoms with E-state index >= 15 is 0 Å². The average Bonchev–Trinajstić information content (AvgIpc) is 2.32. The molecule has 20 heavy (non-hydrogen) atoms. The minimum atomic E-state index is -2.80. The molecule has 0 radical (unpaired) electrons. The first-order valence-electron chi connectivity index (χ1n) is 7.55. The predicted molar refractivity (Wildman–Crippen MR) is 81.8 cm³/mol. The Bertz CT molecular complexity index is 576. The number of sulfone groups is 1. The molecule has 1 saturated carbocycles. The molecule has 2 fully saturated rings. The van der Waals surface area contributed by atoms with Crippen LogP contribution in [0.25, 0.3) is 0 Å². The van der Waals surface area contributed by atoms with E-state index in [-0.39, 0.29) is 6.04 Å². The van der Waals surface area contributed by atoms with Crippen molar-refractivity contribution in [2.24, 2.45) is 0 Å². The van der Waals surface area contributed by atoms with Crippen LogP contribution in [0.4, 0.5) is 0 Å². The van der Waals surface area contributed by atoms with Gasteiger partial charge in [0.2, 0.25) is 0 Å². The summed E-state index contributed by atoms with van der Waals surface area (Å²) in [4.78, 5) is 0. The van der Waals surface area contributed by atoms with Gasteiger partial charge in [-0.3, -0.25) is 0 Å². The first kappa shape index (κ1) is 14.1. The van der Waals surface area contributed by atoms with E-state index in [1.54, 1.807) is 0 Å². The maximum Gasteiger partial charge on any atom is 0.151 e. The molecule has 4 heteroatoms. The molecule has 3 rings (SSSR count). The second-order valence-electron chi connectivity index (χ2n) is 6.40. The molecule has 3 nitrogen and oxygen atoms in total. The smallest absolute Gasteiger partial charge is 0.151 e. The fourth-order valence-corrected chi connectivity index (χ4v) is 5.09. The van der Waals surface area contributed by atoms with Gasteiger partial charge in [0.1, 0.15) is 0 Å². The van der Waals surface area contributed by atoms with Crippen LogP contribution in [-0.2, 0) is 9.84 Å². The standard InChI is InChI=1S/C16H23NO2S/c1-12-4-2-5-13(8-12)14-9-16(10-14)17-15-6-3-7-20(18,19)11-15/h2,4-5,8,14-17H,3,6-7,9-11H2,1H3. The highest BCUT2D eigenvalue weighted by Crippen LogP contribution is 2.37. The lowest BCUT2D eigenvalue weighted by Crippen LogP contribution is -2.49. The van der Waals surface area contributed by atoms with Crippen molar-refractivity contribution in [2.45, 2.75) is 50.6 Å². The van der Waals surface area contributed by atoms with Crippen molar-refractivity contribution in [1.29, 1.82) is 0 Å². The number of hydrogen-bond donors (Lipinski definition) is 1. The molecule has 1 saturated heterocycles. The van der Waals surface area contributed by atoms with Gasteiger partial charge in [-0.2, -0.15) is 0 Å². The van der Waals surface area contributed by atoms with Crippen LogP contribution in [-0.4, -0.2) is 32.0 Å². The summed E-state index contributed by atoms with van der Waals surface area (Å²) in [7, 11) is -2.80. The largest absolute Gasteiger partial charge is 0.310 e. The van der Waals surface area contributed by atoms with Crippen LogP contribution in [0.3, 0.4) is 0 Å². The maximum absolute atomic E-state index is 11.6. The van der Waals surface area contributed by atoms with Crippen molar-refractivity contribution >= 4 is 9.84 Å². The minimum Gasteiger partial charge on any atom is -0.310 e. The molecule has 1 aromatic rings. The van der Waals surface area contributed by atoms with Crippen molar-refractivity contribution in [3.05, 3.63) is 35.4 Å². The van der Waals surface area contributed by atoms with E-state index < -0.39 is 9.84 Å². The third kappa shape index (κ3) is 3.23. The number of aryl methyl sites for hydroxylation is 1. The third-order valence-corrected chi connectivity index (χ3v) is 6.41. The topological polar surface area (TPSA) is 46.2 Å². The number of hydrogen-bond acceptors (Lipinski definition) is 3. The second kappa shape index (κ2) is 5.49. The van der Waals surface area contributed by atoms with Crippen molar-refractivity contribution in [3.63, 3.8) is 0 Å². The first-order valence-corrected chi connectivity index (χ1v) is 9.37. The quantitative estimate of drug-likeness (QED) is 0.931. The molecule has 1 aliphatic carbocycles. The van der Waals surface area contributed by atoms with Crippen LogP contribution in [0.2, 0.25) is 0 Å². The summed E-state index contributed by atoms with van der Waals surface area (Å²) in [5, 5.41) is 3.55. The zero-order valence-corrected chi connectivity index (χ0v) is 12.8. The van der Waals surface area contributed by atoms with Crippen LogP contribution in [0.15, 0.2) is 24.3 Å². The molecule has 1 aromatic carbocycles.